The molecule has 0 amide bonds. The molecule has 0 saturated carbocycles. The lowest BCUT2D eigenvalue weighted by Crippen LogP contribution is -2.20. The molecule has 0 aliphatic rings. The van der Waals surface area contributed by atoms with Crippen LogP contribution in [0.15, 0.2) is 14.8 Å². The largest absolute Gasteiger partial charge is 0.500 e. The van der Waals surface area contributed by atoms with Crippen LogP contribution < -0.4 is 11.2 Å². The van der Waals surface area contributed by atoms with E-state index in [9.17, 15) is 14.5 Å². The zero-order valence-electron chi connectivity index (χ0n) is 5.12. The monoisotopic (exact) mass is 157 g/mol. The summed E-state index contributed by atoms with van der Waals surface area (Å²) in [6, 6.07) is 0. The number of hydrogen-bond donors (Lipinski definition) is 3. The molecule has 58 valence electrons. The van der Waals surface area contributed by atoms with Crippen LogP contribution in [0.25, 0.3) is 0 Å². The number of nitroso groups, excluding NO2 is 1. The second-order valence-electron chi connectivity index (χ2n) is 1.70. The van der Waals surface area contributed by atoms with E-state index in [1.54, 1.807) is 4.98 Å². The van der Waals surface area contributed by atoms with Gasteiger partial charge in [-0.15, -0.1) is 4.91 Å². The Morgan fingerprint density at radius 2 is 1.91 bits per heavy atom. The molecule has 7 nitrogen and oxygen atoms in total. The third-order valence-electron chi connectivity index (χ3n) is 0.990. The van der Waals surface area contributed by atoms with Gasteiger partial charge in [-0.25, -0.2) is 4.79 Å². The molecule has 0 atom stereocenters. The lowest BCUT2D eigenvalue weighted by Gasteiger charge is -1.90. The summed E-state index contributed by atoms with van der Waals surface area (Å²) in [7, 11) is 0. The summed E-state index contributed by atoms with van der Waals surface area (Å²) in [5, 5.41) is 10.9. The second-order valence-corrected chi connectivity index (χ2v) is 1.70. The van der Waals surface area contributed by atoms with Crippen molar-refractivity contribution in [1.82, 2.24) is 9.97 Å². The molecule has 1 rings (SSSR count). The highest BCUT2D eigenvalue weighted by molar-refractivity contribution is 5.40. The van der Waals surface area contributed by atoms with Crippen molar-refractivity contribution < 1.29 is 5.11 Å². The van der Waals surface area contributed by atoms with Gasteiger partial charge in [0.25, 0.3) is 5.56 Å². The van der Waals surface area contributed by atoms with Crippen molar-refractivity contribution in [2.24, 2.45) is 5.18 Å². The van der Waals surface area contributed by atoms with Crippen LogP contribution in [0.1, 0.15) is 0 Å². The summed E-state index contributed by atoms with van der Waals surface area (Å²) in [4.78, 5) is 34.2. The number of H-pyrrole nitrogens is 2. The predicted molar refractivity (Wildman–Crippen MR) is 34.8 cm³/mol. The van der Waals surface area contributed by atoms with Crippen LogP contribution in [-0.4, -0.2) is 15.1 Å². The number of aromatic nitrogens is 2. The van der Waals surface area contributed by atoms with Gasteiger partial charge in [-0.2, -0.15) is 0 Å². The van der Waals surface area contributed by atoms with Gasteiger partial charge in [-0.05, 0) is 5.18 Å². The maximum absolute atomic E-state index is 10.5. The van der Waals surface area contributed by atoms with Crippen molar-refractivity contribution in [1.29, 1.82) is 0 Å². The lowest BCUT2D eigenvalue weighted by atomic mass is 10.5. The van der Waals surface area contributed by atoms with E-state index in [1.165, 1.54) is 0 Å². The standard InChI is InChI=1S/C4H3N3O4/c8-1-2(7-11)5-4(10)6-3(1)9/h8H,(H2,5,6,9,10). The molecule has 3 N–H and O–H groups in total. The summed E-state index contributed by atoms with van der Waals surface area (Å²) >= 11 is 0. The third kappa shape index (κ3) is 1.16. The first kappa shape index (κ1) is 7.19. The highest BCUT2D eigenvalue weighted by Crippen LogP contribution is 2.13. The maximum Gasteiger partial charge on any atom is 0.327 e. The van der Waals surface area contributed by atoms with Gasteiger partial charge in [0.15, 0.2) is 0 Å². The molecule has 1 aromatic rings. The molecule has 7 heteroatoms. The van der Waals surface area contributed by atoms with Crippen molar-refractivity contribution in [2.45, 2.75) is 0 Å². The first-order valence-electron chi connectivity index (χ1n) is 2.54. The van der Waals surface area contributed by atoms with Crippen LogP contribution in [0.4, 0.5) is 5.82 Å². The summed E-state index contributed by atoms with van der Waals surface area (Å²) in [6.45, 7) is 0. The molecule has 0 spiro atoms. The minimum absolute atomic E-state index is 0.668. The van der Waals surface area contributed by atoms with E-state index in [2.05, 4.69) is 5.18 Å². The molecule has 0 aromatic carbocycles. The number of hydrogen-bond acceptors (Lipinski definition) is 5. The van der Waals surface area contributed by atoms with E-state index >= 15 is 0 Å². The number of aromatic hydroxyl groups is 1. The molecule has 0 saturated heterocycles. The minimum atomic E-state index is -1.04. The molecular formula is C4H3N3O4. The van der Waals surface area contributed by atoms with Crippen LogP contribution >= 0.6 is 0 Å². The molecular weight excluding hydrogens is 154 g/mol. The van der Waals surface area contributed by atoms with Crippen LogP contribution in [0.5, 0.6) is 5.75 Å². The minimum Gasteiger partial charge on any atom is -0.500 e. The van der Waals surface area contributed by atoms with Gasteiger partial charge in [0.2, 0.25) is 11.6 Å². The molecule has 1 heterocycles. The number of aromatic amines is 2. The highest BCUT2D eigenvalue weighted by Gasteiger charge is 2.06. The normalized spacial score (nSPS) is 9.45. The number of nitrogens with one attached hydrogen (secondary N) is 2. The van der Waals surface area contributed by atoms with Crippen LogP contribution in [0, 0.1) is 4.91 Å². The average Bonchev–Trinajstić information content (AvgIpc) is 1.96. The summed E-state index contributed by atoms with van der Waals surface area (Å²) in [6.07, 6.45) is 0. The van der Waals surface area contributed by atoms with Crippen molar-refractivity contribution in [2.75, 3.05) is 0 Å². The number of nitrogens with zero attached hydrogens (tertiary/aromatic N) is 1. The molecule has 0 aliphatic carbocycles. The Morgan fingerprint density at radius 3 is 2.45 bits per heavy atom. The van der Waals surface area contributed by atoms with Crippen molar-refractivity contribution in [3.8, 4) is 5.75 Å². The summed E-state index contributed by atoms with van der Waals surface area (Å²) in [5.41, 5.74) is -1.93. The van der Waals surface area contributed by atoms with Crippen LogP contribution in [0.3, 0.4) is 0 Å². The van der Waals surface area contributed by atoms with Gasteiger partial charge in [0.05, 0.1) is 0 Å². The molecule has 11 heavy (non-hydrogen) atoms. The smallest absolute Gasteiger partial charge is 0.327 e. The predicted octanol–water partition coefficient (Wildman–Crippen LogP) is -0.833. The summed E-state index contributed by atoms with van der Waals surface area (Å²) in [5.74, 6) is -1.56. The fourth-order valence-electron chi connectivity index (χ4n) is 0.534. The summed E-state index contributed by atoms with van der Waals surface area (Å²) < 4.78 is 0. The van der Waals surface area contributed by atoms with E-state index < -0.39 is 22.8 Å². The van der Waals surface area contributed by atoms with Gasteiger partial charge in [0.1, 0.15) is 0 Å². The SMILES string of the molecule is O=Nc1[nH]c(=O)[nH]c(=O)c1O. The van der Waals surface area contributed by atoms with E-state index in [0.29, 0.717) is 0 Å². The molecule has 0 aliphatic heterocycles. The van der Waals surface area contributed by atoms with E-state index in [1.807, 2.05) is 4.98 Å². The van der Waals surface area contributed by atoms with Gasteiger partial charge in [0, 0.05) is 0 Å². The van der Waals surface area contributed by atoms with E-state index in [4.69, 9.17) is 5.11 Å². The first-order chi connectivity index (χ1) is 5.15. The Bertz CT molecular complexity index is 389. The average molecular weight is 157 g/mol. The van der Waals surface area contributed by atoms with Crippen molar-refractivity contribution in [3.05, 3.63) is 25.7 Å². The van der Waals surface area contributed by atoms with E-state index in [-0.39, 0.29) is 0 Å². The molecule has 0 bridgehead atoms. The van der Waals surface area contributed by atoms with Crippen molar-refractivity contribution in [3.63, 3.8) is 0 Å². The lowest BCUT2D eigenvalue weighted by molar-refractivity contribution is 0.464. The third-order valence-corrected chi connectivity index (χ3v) is 0.990. The topological polar surface area (TPSA) is 115 Å². The Kier molecular flexibility index (Phi) is 1.55. The Balaban J connectivity index is 3.61. The first-order valence-corrected chi connectivity index (χ1v) is 2.54. The van der Waals surface area contributed by atoms with Gasteiger partial charge < -0.3 is 5.11 Å². The molecule has 0 unspecified atom stereocenters. The fraction of sp³-hybridized carbons (Fsp3) is 0. The highest BCUT2D eigenvalue weighted by atomic mass is 16.3. The Hall–Kier alpha value is -1.92. The fourth-order valence-corrected chi connectivity index (χ4v) is 0.534. The Morgan fingerprint density at radius 1 is 1.27 bits per heavy atom. The van der Waals surface area contributed by atoms with Crippen molar-refractivity contribution >= 4 is 5.82 Å². The second kappa shape index (κ2) is 2.37. The van der Waals surface area contributed by atoms with Crippen LogP contribution in [0.2, 0.25) is 0 Å². The van der Waals surface area contributed by atoms with Gasteiger partial charge in [-0.1, -0.05) is 0 Å². The maximum atomic E-state index is 10.5. The molecule has 0 radical (unpaired) electrons. The van der Waals surface area contributed by atoms with E-state index in [0.717, 1.165) is 0 Å². The number of rotatable bonds is 1. The zero-order valence-corrected chi connectivity index (χ0v) is 5.12. The van der Waals surface area contributed by atoms with Gasteiger partial charge in [-0.3, -0.25) is 14.8 Å². The molecule has 1 aromatic heterocycles. The van der Waals surface area contributed by atoms with Gasteiger partial charge >= 0.3 is 5.69 Å². The van der Waals surface area contributed by atoms with Crippen LogP contribution in [-0.2, 0) is 0 Å². The zero-order chi connectivity index (χ0) is 8.43. The molecule has 0 fully saturated rings. The Labute approximate surface area is 58.7 Å². The quantitative estimate of drug-likeness (QED) is 0.461.